The average molecular weight is 279 g/mol. The SMILES string of the molecule is COC(=O)c1cc2cc(Cl)cc(C(F)(F)F)n2n1. The molecule has 0 fully saturated rings. The third-order valence-electron chi connectivity index (χ3n) is 2.21. The number of halogens is 4. The minimum atomic E-state index is -4.62. The Morgan fingerprint density at radius 3 is 2.61 bits per heavy atom. The maximum absolute atomic E-state index is 12.8. The summed E-state index contributed by atoms with van der Waals surface area (Å²) in [7, 11) is 1.12. The van der Waals surface area contributed by atoms with Gasteiger partial charge in [0.1, 0.15) is 5.69 Å². The van der Waals surface area contributed by atoms with Crippen molar-refractivity contribution in [3.05, 3.63) is 34.6 Å². The molecular formula is C10H6ClF3N2O2. The molecule has 18 heavy (non-hydrogen) atoms. The molecule has 0 aliphatic heterocycles. The van der Waals surface area contributed by atoms with E-state index in [1.54, 1.807) is 0 Å². The van der Waals surface area contributed by atoms with Crippen LogP contribution in [-0.4, -0.2) is 22.7 Å². The Bertz CT molecular complexity index is 621. The van der Waals surface area contributed by atoms with E-state index >= 15 is 0 Å². The van der Waals surface area contributed by atoms with Crippen LogP contribution in [0.5, 0.6) is 0 Å². The van der Waals surface area contributed by atoms with Crippen molar-refractivity contribution >= 4 is 23.1 Å². The van der Waals surface area contributed by atoms with Crippen LogP contribution in [0.2, 0.25) is 5.02 Å². The van der Waals surface area contributed by atoms with Gasteiger partial charge >= 0.3 is 12.1 Å². The fraction of sp³-hybridized carbons (Fsp3) is 0.200. The Morgan fingerprint density at radius 2 is 2.06 bits per heavy atom. The Balaban J connectivity index is 2.72. The van der Waals surface area contributed by atoms with Crippen molar-refractivity contribution in [3.8, 4) is 0 Å². The van der Waals surface area contributed by atoms with Crippen LogP contribution in [0.3, 0.4) is 0 Å². The number of hydrogen-bond acceptors (Lipinski definition) is 3. The van der Waals surface area contributed by atoms with Crippen LogP contribution in [0.4, 0.5) is 13.2 Å². The van der Waals surface area contributed by atoms with E-state index in [2.05, 4.69) is 9.84 Å². The highest BCUT2D eigenvalue weighted by Gasteiger charge is 2.35. The lowest BCUT2D eigenvalue weighted by Crippen LogP contribution is -2.13. The first kappa shape index (κ1) is 12.7. The summed E-state index contributed by atoms with van der Waals surface area (Å²) in [5.74, 6) is -0.817. The molecule has 0 aromatic carbocycles. The maximum Gasteiger partial charge on any atom is 0.433 e. The molecule has 0 spiro atoms. The third kappa shape index (κ3) is 2.13. The lowest BCUT2D eigenvalue weighted by atomic mass is 10.3. The summed E-state index contributed by atoms with van der Waals surface area (Å²) in [6.07, 6.45) is -4.62. The van der Waals surface area contributed by atoms with Gasteiger partial charge in [-0.1, -0.05) is 11.6 Å². The summed E-state index contributed by atoms with van der Waals surface area (Å²) in [6.45, 7) is 0. The van der Waals surface area contributed by atoms with Gasteiger partial charge in [-0.2, -0.15) is 18.3 Å². The number of alkyl halides is 3. The topological polar surface area (TPSA) is 43.6 Å². The zero-order valence-electron chi connectivity index (χ0n) is 8.95. The summed E-state index contributed by atoms with van der Waals surface area (Å²) in [5.41, 5.74) is -1.21. The number of carbonyl (C=O) groups excluding carboxylic acids is 1. The van der Waals surface area contributed by atoms with Gasteiger partial charge in [-0.25, -0.2) is 9.31 Å². The highest BCUT2D eigenvalue weighted by molar-refractivity contribution is 6.31. The van der Waals surface area contributed by atoms with Crippen molar-refractivity contribution in [1.29, 1.82) is 0 Å². The molecule has 96 valence electrons. The Hall–Kier alpha value is -1.76. The number of aromatic nitrogens is 2. The molecule has 0 unspecified atom stereocenters. The van der Waals surface area contributed by atoms with Gasteiger partial charge in [0.15, 0.2) is 5.69 Å². The van der Waals surface area contributed by atoms with Crippen molar-refractivity contribution in [1.82, 2.24) is 9.61 Å². The molecule has 0 amide bonds. The van der Waals surface area contributed by atoms with Gasteiger partial charge in [-0.3, -0.25) is 0 Å². The summed E-state index contributed by atoms with van der Waals surface area (Å²) < 4.78 is 43.3. The summed E-state index contributed by atoms with van der Waals surface area (Å²) in [5, 5.41) is 3.46. The molecule has 0 saturated carbocycles. The van der Waals surface area contributed by atoms with Crippen molar-refractivity contribution in [3.63, 3.8) is 0 Å². The van der Waals surface area contributed by atoms with Crippen molar-refractivity contribution < 1.29 is 22.7 Å². The number of carbonyl (C=O) groups is 1. The average Bonchev–Trinajstić information content (AvgIpc) is 2.68. The number of nitrogens with zero attached hydrogens (tertiary/aromatic N) is 2. The Morgan fingerprint density at radius 1 is 1.39 bits per heavy atom. The van der Waals surface area contributed by atoms with E-state index in [4.69, 9.17) is 11.6 Å². The molecule has 2 heterocycles. The van der Waals surface area contributed by atoms with Gasteiger partial charge in [0.05, 0.1) is 12.6 Å². The zero-order chi connectivity index (χ0) is 13.5. The van der Waals surface area contributed by atoms with E-state index in [1.807, 2.05) is 0 Å². The highest BCUT2D eigenvalue weighted by atomic mass is 35.5. The molecule has 2 rings (SSSR count). The molecule has 0 saturated heterocycles. The first-order valence-corrected chi connectivity index (χ1v) is 5.05. The number of methoxy groups -OCH3 is 1. The van der Waals surface area contributed by atoms with Gasteiger partial charge in [-0.05, 0) is 18.2 Å². The number of hydrogen-bond donors (Lipinski definition) is 0. The van der Waals surface area contributed by atoms with Crippen LogP contribution in [0.25, 0.3) is 5.52 Å². The van der Waals surface area contributed by atoms with Crippen LogP contribution in [0.15, 0.2) is 18.2 Å². The zero-order valence-corrected chi connectivity index (χ0v) is 9.71. The summed E-state index contributed by atoms with van der Waals surface area (Å²) >= 11 is 5.60. The van der Waals surface area contributed by atoms with Crippen LogP contribution in [0.1, 0.15) is 16.2 Å². The minimum Gasteiger partial charge on any atom is -0.464 e. The number of ether oxygens (including phenoxy) is 1. The van der Waals surface area contributed by atoms with E-state index < -0.39 is 17.8 Å². The predicted octanol–water partition coefficient (Wildman–Crippen LogP) is 2.79. The fourth-order valence-corrected chi connectivity index (χ4v) is 1.69. The molecular weight excluding hydrogens is 273 g/mol. The second-order valence-corrected chi connectivity index (χ2v) is 3.85. The van der Waals surface area contributed by atoms with Crippen molar-refractivity contribution in [2.75, 3.05) is 7.11 Å². The molecule has 0 N–H and O–H groups in total. The molecule has 0 aliphatic rings. The standard InChI is InChI=1S/C10H6ClF3N2O2/c1-18-9(17)7-4-6-2-5(11)3-8(10(12,13)14)16(6)15-7/h2-4H,1H3. The molecule has 0 radical (unpaired) electrons. The van der Waals surface area contributed by atoms with E-state index in [0.717, 1.165) is 13.2 Å². The van der Waals surface area contributed by atoms with Crippen molar-refractivity contribution in [2.45, 2.75) is 6.18 Å². The molecule has 0 bridgehead atoms. The molecule has 4 nitrogen and oxygen atoms in total. The fourth-order valence-electron chi connectivity index (χ4n) is 1.47. The second kappa shape index (κ2) is 4.16. The molecule has 0 aliphatic carbocycles. The molecule has 2 aromatic heterocycles. The minimum absolute atomic E-state index is 0.0650. The monoisotopic (exact) mass is 278 g/mol. The lowest BCUT2D eigenvalue weighted by molar-refractivity contribution is -0.142. The van der Waals surface area contributed by atoms with Gasteiger partial charge in [-0.15, -0.1) is 0 Å². The molecule has 0 atom stereocenters. The largest absolute Gasteiger partial charge is 0.464 e. The van der Waals surface area contributed by atoms with Gasteiger partial charge in [0.25, 0.3) is 0 Å². The second-order valence-electron chi connectivity index (χ2n) is 3.41. The first-order valence-electron chi connectivity index (χ1n) is 4.68. The van der Waals surface area contributed by atoms with Crippen LogP contribution >= 0.6 is 11.6 Å². The van der Waals surface area contributed by atoms with E-state index in [0.29, 0.717) is 4.52 Å². The number of pyridine rings is 1. The van der Waals surface area contributed by atoms with E-state index in [9.17, 15) is 18.0 Å². The molecule has 2 aromatic rings. The van der Waals surface area contributed by atoms with Crippen LogP contribution in [0, 0.1) is 0 Å². The highest BCUT2D eigenvalue weighted by Crippen LogP contribution is 2.31. The summed E-state index contributed by atoms with van der Waals surface area (Å²) in [6, 6.07) is 3.19. The quantitative estimate of drug-likeness (QED) is 0.754. The van der Waals surface area contributed by atoms with Gasteiger partial charge in [0, 0.05) is 5.02 Å². The number of esters is 1. The van der Waals surface area contributed by atoms with Gasteiger partial charge in [0.2, 0.25) is 0 Å². The predicted molar refractivity (Wildman–Crippen MR) is 56.5 cm³/mol. The van der Waals surface area contributed by atoms with Gasteiger partial charge < -0.3 is 4.74 Å². The smallest absolute Gasteiger partial charge is 0.433 e. The van der Waals surface area contributed by atoms with Crippen LogP contribution < -0.4 is 0 Å². The Kier molecular flexibility index (Phi) is 2.94. The number of fused-ring (bicyclic) bond motifs is 1. The van der Waals surface area contributed by atoms with Crippen molar-refractivity contribution in [2.24, 2.45) is 0 Å². The normalized spacial score (nSPS) is 11.8. The number of rotatable bonds is 1. The van der Waals surface area contributed by atoms with E-state index in [1.165, 1.54) is 12.1 Å². The Labute approximate surface area is 104 Å². The van der Waals surface area contributed by atoms with E-state index in [-0.39, 0.29) is 16.2 Å². The lowest BCUT2D eigenvalue weighted by Gasteiger charge is -2.09. The third-order valence-corrected chi connectivity index (χ3v) is 2.43. The maximum atomic E-state index is 12.8. The molecule has 8 heteroatoms. The van der Waals surface area contributed by atoms with Crippen LogP contribution in [-0.2, 0) is 10.9 Å². The first-order chi connectivity index (χ1) is 8.32. The summed E-state index contributed by atoms with van der Waals surface area (Å²) in [4.78, 5) is 11.2.